The van der Waals surface area contributed by atoms with Crippen LogP contribution in [0, 0.1) is 12.3 Å². The van der Waals surface area contributed by atoms with Crippen molar-refractivity contribution < 1.29 is 19.1 Å². The number of nitrogens with one attached hydrogen (secondary N) is 1. The van der Waals surface area contributed by atoms with Gasteiger partial charge in [-0.1, -0.05) is 5.92 Å². The molecular formula is C27H30N4O4. The molecule has 0 spiro atoms. The van der Waals surface area contributed by atoms with Gasteiger partial charge in [-0.2, -0.15) is 0 Å². The predicted octanol–water partition coefficient (Wildman–Crippen LogP) is 2.43. The predicted molar refractivity (Wildman–Crippen MR) is 131 cm³/mol. The van der Waals surface area contributed by atoms with Gasteiger partial charge in [-0.05, 0) is 61.9 Å². The molecule has 8 nitrogen and oxygen atoms in total. The number of piperidine rings is 1. The van der Waals surface area contributed by atoms with Crippen LogP contribution in [-0.4, -0.2) is 65.0 Å². The minimum absolute atomic E-state index is 0.0833. The normalized spacial score (nSPS) is 27.4. The smallest absolute Gasteiger partial charge is 0.255 e. The van der Waals surface area contributed by atoms with Gasteiger partial charge in [0, 0.05) is 49.8 Å². The number of rotatable bonds is 5. The molecule has 3 amide bonds. The molecule has 5 rings (SSSR count). The summed E-state index contributed by atoms with van der Waals surface area (Å²) < 4.78 is 6.48. The number of fused-ring (bicyclic) bond motifs is 1. The summed E-state index contributed by atoms with van der Waals surface area (Å²) in [7, 11) is 0. The molecule has 1 aromatic rings. The monoisotopic (exact) mass is 474 g/mol. The van der Waals surface area contributed by atoms with E-state index in [2.05, 4.69) is 28.1 Å². The molecule has 2 fully saturated rings. The lowest BCUT2D eigenvalue weighted by Crippen LogP contribution is -2.52. The van der Waals surface area contributed by atoms with Crippen LogP contribution < -0.4 is 10.1 Å². The molecule has 182 valence electrons. The van der Waals surface area contributed by atoms with Crippen LogP contribution in [0.3, 0.4) is 0 Å². The molecule has 3 atom stereocenters. The zero-order valence-electron chi connectivity index (χ0n) is 20.0. The summed E-state index contributed by atoms with van der Waals surface area (Å²) >= 11 is 0. The van der Waals surface area contributed by atoms with E-state index in [-0.39, 0.29) is 24.3 Å². The lowest BCUT2D eigenvalue weighted by atomic mass is 10.0. The first-order valence-corrected chi connectivity index (χ1v) is 12.3. The fourth-order valence-electron chi connectivity index (χ4n) is 5.77. The Morgan fingerprint density at radius 1 is 1.17 bits per heavy atom. The van der Waals surface area contributed by atoms with E-state index in [0.29, 0.717) is 24.6 Å². The van der Waals surface area contributed by atoms with Crippen LogP contribution in [0.2, 0.25) is 0 Å². The Balaban J connectivity index is 1.26. The zero-order valence-corrected chi connectivity index (χ0v) is 20.0. The maximum Gasteiger partial charge on any atom is 0.255 e. The van der Waals surface area contributed by atoms with Crippen molar-refractivity contribution in [3.8, 4) is 18.1 Å². The van der Waals surface area contributed by atoms with Crippen molar-refractivity contribution in [2.45, 2.75) is 70.2 Å². The maximum absolute atomic E-state index is 12.9. The molecule has 1 unspecified atom stereocenters. The molecular weight excluding hydrogens is 444 g/mol. The van der Waals surface area contributed by atoms with E-state index >= 15 is 0 Å². The third-order valence-electron chi connectivity index (χ3n) is 7.53. The number of nitrogens with zero attached hydrogens (tertiary/aromatic N) is 3. The van der Waals surface area contributed by atoms with Crippen molar-refractivity contribution >= 4 is 23.9 Å². The second kappa shape index (κ2) is 9.67. The molecule has 35 heavy (non-hydrogen) atoms. The third-order valence-corrected chi connectivity index (χ3v) is 7.53. The van der Waals surface area contributed by atoms with Gasteiger partial charge in [0.15, 0.2) is 0 Å². The van der Waals surface area contributed by atoms with E-state index in [1.165, 1.54) is 11.8 Å². The van der Waals surface area contributed by atoms with E-state index in [1.54, 1.807) is 11.0 Å². The molecule has 1 saturated heterocycles. The number of benzene rings is 1. The zero-order chi connectivity index (χ0) is 24.5. The molecule has 1 aromatic carbocycles. The number of terminal acetylenes is 1. The molecule has 1 saturated carbocycles. The number of hydrogen-bond acceptors (Lipinski definition) is 6. The highest BCUT2D eigenvalue weighted by atomic mass is 16.5. The summed E-state index contributed by atoms with van der Waals surface area (Å²) in [6.07, 6.45) is 11.6. The van der Waals surface area contributed by atoms with Crippen molar-refractivity contribution in [3.05, 3.63) is 40.6 Å². The minimum atomic E-state index is -0.610. The summed E-state index contributed by atoms with van der Waals surface area (Å²) in [5.41, 5.74) is 3.79. The van der Waals surface area contributed by atoms with Crippen LogP contribution in [-0.2, 0) is 16.1 Å². The first-order valence-electron chi connectivity index (χ1n) is 12.3. The molecule has 0 bridgehead atoms. The second-order valence-corrected chi connectivity index (χ2v) is 9.75. The Labute approximate surface area is 205 Å². The van der Waals surface area contributed by atoms with Gasteiger partial charge < -0.3 is 9.64 Å². The van der Waals surface area contributed by atoms with Crippen molar-refractivity contribution in [1.29, 1.82) is 0 Å². The first kappa shape index (κ1) is 23.3. The van der Waals surface area contributed by atoms with Gasteiger partial charge in [-0.15, -0.1) is 6.42 Å². The Bertz CT molecular complexity index is 1160. The number of amides is 3. The average Bonchev–Trinajstić information content (AvgIpc) is 3.42. The SMILES string of the molecule is C#CC=NC1=C(C)CN([C@@H]2CCC[C@@H]2Oc2ccc3c(c2)CN(C2CCC(=O)NC2=O)C3=O)CC1. The average molecular weight is 475 g/mol. The van der Waals surface area contributed by atoms with Crippen LogP contribution in [0.5, 0.6) is 5.75 Å². The molecule has 0 radical (unpaired) electrons. The number of carbonyl (C=O) groups excluding carboxylic acids is 3. The van der Waals surface area contributed by atoms with E-state index in [1.807, 2.05) is 12.1 Å². The van der Waals surface area contributed by atoms with Gasteiger partial charge in [0.05, 0.1) is 6.21 Å². The Morgan fingerprint density at radius 2 is 2.03 bits per heavy atom. The van der Waals surface area contributed by atoms with Crippen molar-refractivity contribution in [1.82, 2.24) is 15.1 Å². The van der Waals surface area contributed by atoms with Crippen LogP contribution in [0.1, 0.15) is 61.4 Å². The lowest BCUT2D eigenvalue weighted by Gasteiger charge is -2.36. The van der Waals surface area contributed by atoms with Crippen LogP contribution in [0.25, 0.3) is 0 Å². The van der Waals surface area contributed by atoms with Gasteiger partial charge in [0.25, 0.3) is 5.91 Å². The summed E-state index contributed by atoms with van der Waals surface area (Å²) in [6.45, 7) is 4.26. The van der Waals surface area contributed by atoms with E-state index < -0.39 is 11.9 Å². The highest BCUT2D eigenvalue weighted by molar-refractivity contribution is 6.05. The van der Waals surface area contributed by atoms with Crippen molar-refractivity contribution in [2.75, 3.05) is 13.1 Å². The van der Waals surface area contributed by atoms with Crippen molar-refractivity contribution in [2.24, 2.45) is 4.99 Å². The summed E-state index contributed by atoms with van der Waals surface area (Å²) in [5.74, 6) is 2.37. The molecule has 3 heterocycles. The maximum atomic E-state index is 12.9. The second-order valence-electron chi connectivity index (χ2n) is 9.75. The van der Waals surface area contributed by atoms with Crippen LogP contribution in [0.4, 0.5) is 0 Å². The molecule has 0 aromatic heterocycles. The van der Waals surface area contributed by atoms with E-state index in [0.717, 1.165) is 55.8 Å². The highest BCUT2D eigenvalue weighted by Gasteiger charge is 2.40. The van der Waals surface area contributed by atoms with Gasteiger partial charge in [0.2, 0.25) is 11.8 Å². The number of imide groups is 1. The third kappa shape index (κ3) is 4.61. The molecule has 8 heteroatoms. The first-order chi connectivity index (χ1) is 16.9. The Morgan fingerprint density at radius 3 is 2.80 bits per heavy atom. The van der Waals surface area contributed by atoms with Gasteiger partial charge >= 0.3 is 0 Å². The van der Waals surface area contributed by atoms with Gasteiger partial charge in [-0.25, -0.2) is 0 Å². The standard InChI is InChI=1S/C27H30N4O4/c1-3-12-28-21-11-13-30(15-17(21)2)22-5-4-6-24(22)35-19-7-8-20-18(14-19)16-31(27(20)34)23-9-10-25(32)29-26(23)33/h1,7-8,12,14,22-24H,4-6,9-11,13,15-16H2,2H3,(H,29,32,33)/t22-,23?,24+/m1/s1. The lowest BCUT2D eigenvalue weighted by molar-refractivity contribution is -0.136. The number of hydrogen-bond donors (Lipinski definition) is 1. The van der Waals surface area contributed by atoms with Crippen molar-refractivity contribution in [3.63, 3.8) is 0 Å². The van der Waals surface area contributed by atoms with Gasteiger partial charge in [-0.3, -0.25) is 29.6 Å². The van der Waals surface area contributed by atoms with E-state index in [4.69, 9.17) is 11.2 Å². The minimum Gasteiger partial charge on any atom is -0.489 e. The fraction of sp³-hybridized carbons (Fsp3) is 0.481. The van der Waals surface area contributed by atoms with Gasteiger partial charge in [0.1, 0.15) is 17.9 Å². The molecule has 1 N–H and O–H groups in total. The number of ether oxygens (including phenoxy) is 1. The summed E-state index contributed by atoms with van der Waals surface area (Å²) in [6, 6.07) is 5.31. The molecule has 3 aliphatic heterocycles. The number of aliphatic imine (C=N–C) groups is 1. The Hall–Kier alpha value is -3.44. The van der Waals surface area contributed by atoms with E-state index in [9.17, 15) is 14.4 Å². The fourth-order valence-corrected chi connectivity index (χ4v) is 5.77. The number of carbonyl (C=O) groups is 3. The van der Waals surface area contributed by atoms with Crippen LogP contribution in [0.15, 0.2) is 34.5 Å². The largest absolute Gasteiger partial charge is 0.489 e. The topological polar surface area (TPSA) is 91.3 Å². The quantitative estimate of drug-likeness (QED) is 0.402. The highest BCUT2D eigenvalue weighted by Crippen LogP contribution is 2.34. The summed E-state index contributed by atoms with van der Waals surface area (Å²) in [4.78, 5) is 45.2. The molecule has 1 aliphatic carbocycles. The Kier molecular flexibility index (Phi) is 6.44. The summed E-state index contributed by atoms with van der Waals surface area (Å²) in [5, 5.41) is 2.34. The molecule has 4 aliphatic rings. The van der Waals surface area contributed by atoms with Crippen LogP contribution >= 0.6 is 0 Å².